The number of carbonyl (C=O) groups excluding carboxylic acids is 1. The third kappa shape index (κ3) is 2.98. The maximum absolute atomic E-state index is 11.3. The van der Waals surface area contributed by atoms with E-state index in [0.29, 0.717) is 11.6 Å². The molecule has 1 aromatic rings. The second-order valence-corrected chi connectivity index (χ2v) is 5.03. The van der Waals surface area contributed by atoms with Crippen LogP contribution in [0.4, 0.5) is 5.69 Å². The SMILES string of the molecule is CN(C)C(CNc1ccncc1C(N)=O)C1CC1. The fourth-order valence-corrected chi connectivity index (χ4v) is 2.21. The van der Waals surface area contributed by atoms with E-state index in [1.165, 1.54) is 19.0 Å². The van der Waals surface area contributed by atoms with Crippen molar-refractivity contribution in [2.24, 2.45) is 11.7 Å². The Hall–Kier alpha value is -1.62. The van der Waals surface area contributed by atoms with E-state index in [9.17, 15) is 4.79 Å². The molecule has 5 heteroatoms. The highest BCUT2D eigenvalue weighted by Gasteiger charge is 2.32. The van der Waals surface area contributed by atoms with Gasteiger partial charge in [-0.2, -0.15) is 0 Å². The topological polar surface area (TPSA) is 71.2 Å². The van der Waals surface area contributed by atoms with E-state index in [1.807, 2.05) is 0 Å². The zero-order chi connectivity index (χ0) is 13.1. The molecule has 1 unspecified atom stereocenters. The van der Waals surface area contributed by atoms with Crippen molar-refractivity contribution >= 4 is 11.6 Å². The summed E-state index contributed by atoms with van der Waals surface area (Å²) in [5, 5.41) is 3.31. The molecule has 18 heavy (non-hydrogen) atoms. The van der Waals surface area contributed by atoms with Gasteiger partial charge < -0.3 is 16.0 Å². The zero-order valence-corrected chi connectivity index (χ0v) is 10.9. The molecule has 1 heterocycles. The summed E-state index contributed by atoms with van der Waals surface area (Å²) in [5.41, 5.74) is 6.54. The predicted octanol–water partition coefficient (Wildman–Crippen LogP) is 0.933. The first kappa shape index (κ1) is 12.8. The average molecular weight is 248 g/mol. The molecule has 0 aromatic carbocycles. The van der Waals surface area contributed by atoms with Crippen molar-refractivity contribution in [3.05, 3.63) is 24.0 Å². The lowest BCUT2D eigenvalue weighted by molar-refractivity contribution is 0.100. The Bertz CT molecular complexity index is 427. The standard InChI is InChI=1S/C13H20N4O/c1-17(2)12(9-3-4-9)8-16-11-5-6-15-7-10(11)13(14)18/h5-7,9,12H,3-4,8H2,1-2H3,(H2,14,18)(H,15,16). The molecule has 2 rings (SSSR count). The van der Waals surface area contributed by atoms with Crippen LogP contribution in [-0.4, -0.2) is 42.5 Å². The Kier molecular flexibility index (Phi) is 3.81. The molecule has 1 atom stereocenters. The Labute approximate surface area is 107 Å². The number of pyridine rings is 1. The van der Waals surface area contributed by atoms with Gasteiger partial charge in [0.05, 0.1) is 11.3 Å². The number of hydrogen-bond donors (Lipinski definition) is 2. The van der Waals surface area contributed by atoms with Gasteiger partial charge >= 0.3 is 0 Å². The van der Waals surface area contributed by atoms with Crippen LogP contribution in [0.3, 0.4) is 0 Å². The minimum absolute atomic E-state index is 0.446. The summed E-state index contributed by atoms with van der Waals surface area (Å²) in [6.07, 6.45) is 5.76. The van der Waals surface area contributed by atoms with Crippen LogP contribution in [0, 0.1) is 5.92 Å². The largest absolute Gasteiger partial charge is 0.383 e. The van der Waals surface area contributed by atoms with Gasteiger partial charge in [0.15, 0.2) is 0 Å². The summed E-state index contributed by atoms with van der Waals surface area (Å²) in [6, 6.07) is 2.29. The van der Waals surface area contributed by atoms with Crippen LogP contribution >= 0.6 is 0 Å². The van der Waals surface area contributed by atoms with Crippen molar-refractivity contribution in [3.63, 3.8) is 0 Å². The smallest absolute Gasteiger partial charge is 0.252 e. The number of hydrogen-bond acceptors (Lipinski definition) is 4. The molecule has 0 aliphatic heterocycles. The molecule has 1 amide bonds. The van der Waals surface area contributed by atoms with Gasteiger partial charge in [-0.1, -0.05) is 0 Å². The van der Waals surface area contributed by atoms with Crippen LogP contribution in [0.2, 0.25) is 0 Å². The Morgan fingerprint density at radius 1 is 1.61 bits per heavy atom. The number of carbonyl (C=O) groups is 1. The lowest BCUT2D eigenvalue weighted by Crippen LogP contribution is -2.36. The number of nitrogens with two attached hydrogens (primary N) is 1. The molecular weight excluding hydrogens is 228 g/mol. The Morgan fingerprint density at radius 3 is 2.89 bits per heavy atom. The van der Waals surface area contributed by atoms with Crippen LogP contribution in [0.15, 0.2) is 18.5 Å². The fourth-order valence-electron chi connectivity index (χ4n) is 2.21. The van der Waals surface area contributed by atoms with Crippen LogP contribution in [0.5, 0.6) is 0 Å². The van der Waals surface area contributed by atoms with Crippen LogP contribution in [-0.2, 0) is 0 Å². The molecule has 0 saturated heterocycles. The summed E-state index contributed by atoms with van der Waals surface area (Å²) in [4.78, 5) is 17.4. The minimum Gasteiger partial charge on any atom is -0.383 e. The van der Waals surface area contributed by atoms with Gasteiger partial charge in [0.1, 0.15) is 0 Å². The van der Waals surface area contributed by atoms with Gasteiger partial charge in [-0.3, -0.25) is 9.78 Å². The van der Waals surface area contributed by atoms with E-state index in [1.54, 1.807) is 12.3 Å². The molecule has 1 aromatic heterocycles. The van der Waals surface area contributed by atoms with Crippen molar-refractivity contribution in [1.82, 2.24) is 9.88 Å². The van der Waals surface area contributed by atoms with Crippen LogP contribution < -0.4 is 11.1 Å². The molecule has 0 radical (unpaired) electrons. The quantitative estimate of drug-likeness (QED) is 0.785. The number of amides is 1. The van der Waals surface area contributed by atoms with Crippen molar-refractivity contribution in [2.45, 2.75) is 18.9 Å². The van der Waals surface area contributed by atoms with E-state index in [2.05, 4.69) is 29.3 Å². The maximum Gasteiger partial charge on any atom is 0.252 e. The predicted molar refractivity (Wildman–Crippen MR) is 71.4 cm³/mol. The first-order chi connectivity index (χ1) is 8.59. The lowest BCUT2D eigenvalue weighted by atomic mass is 10.1. The third-order valence-electron chi connectivity index (χ3n) is 3.42. The number of anilines is 1. The molecule has 98 valence electrons. The first-order valence-electron chi connectivity index (χ1n) is 6.23. The van der Waals surface area contributed by atoms with E-state index in [0.717, 1.165) is 18.2 Å². The number of nitrogens with zero attached hydrogens (tertiary/aromatic N) is 2. The zero-order valence-electron chi connectivity index (χ0n) is 10.9. The monoisotopic (exact) mass is 248 g/mol. The molecule has 0 spiro atoms. The highest BCUT2D eigenvalue weighted by molar-refractivity contribution is 5.98. The summed E-state index contributed by atoms with van der Waals surface area (Å²) in [6.45, 7) is 0.821. The molecule has 1 aliphatic rings. The summed E-state index contributed by atoms with van der Waals surface area (Å²) >= 11 is 0. The number of likely N-dealkylation sites (N-methyl/N-ethyl adjacent to an activating group) is 1. The minimum atomic E-state index is -0.446. The molecular formula is C13H20N4O. The van der Waals surface area contributed by atoms with Crippen molar-refractivity contribution in [1.29, 1.82) is 0 Å². The number of primary amides is 1. The molecule has 3 N–H and O–H groups in total. The molecule has 1 aliphatic carbocycles. The average Bonchev–Trinajstić information content (AvgIpc) is 3.13. The summed E-state index contributed by atoms with van der Waals surface area (Å²) in [7, 11) is 4.18. The van der Waals surface area contributed by atoms with Crippen LogP contribution in [0.1, 0.15) is 23.2 Å². The fraction of sp³-hybridized carbons (Fsp3) is 0.538. The number of aromatic nitrogens is 1. The van der Waals surface area contributed by atoms with E-state index in [-0.39, 0.29) is 0 Å². The number of rotatable bonds is 6. The maximum atomic E-state index is 11.3. The normalized spacial score (nSPS) is 16.6. The van der Waals surface area contributed by atoms with Crippen molar-refractivity contribution in [3.8, 4) is 0 Å². The van der Waals surface area contributed by atoms with Gasteiger partial charge in [0.2, 0.25) is 0 Å². The highest BCUT2D eigenvalue weighted by atomic mass is 16.1. The van der Waals surface area contributed by atoms with E-state index < -0.39 is 5.91 Å². The lowest BCUT2D eigenvalue weighted by Gasteiger charge is -2.25. The third-order valence-corrected chi connectivity index (χ3v) is 3.42. The highest BCUT2D eigenvalue weighted by Crippen LogP contribution is 2.34. The molecule has 1 fully saturated rings. The number of nitrogens with one attached hydrogen (secondary N) is 1. The van der Waals surface area contributed by atoms with E-state index >= 15 is 0 Å². The van der Waals surface area contributed by atoms with Crippen LogP contribution in [0.25, 0.3) is 0 Å². The molecule has 5 nitrogen and oxygen atoms in total. The van der Waals surface area contributed by atoms with Crippen molar-refractivity contribution in [2.75, 3.05) is 26.0 Å². The second-order valence-electron chi connectivity index (χ2n) is 5.03. The van der Waals surface area contributed by atoms with Crippen molar-refractivity contribution < 1.29 is 4.79 Å². The molecule has 1 saturated carbocycles. The summed E-state index contributed by atoms with van der Waals surface area (Å²) in [5.74, 6) is 0.324. The van der Waals surface area contributed by atoms with Gasteiger partial charge in [-0.05, 0) is 38.9 Å². The molecule has 0 bridgehead atoms. The Balaban J connectivity index is 2.02. The van der Waals surface area contributed by atoms with Gasteiger partial charge in [0.25, 0.3) is 5.91 Å². The van der Waals surface area contributed by atoms with Gasteiger partial charge in [-0.25, -0.2) is 0 Å². The summed E-state index contributed by atoms with van der Waals surface area (Å²) < 4.78 is 0. The van der Waals surface area contributed by atoms with Gasteiger partial charge in [0, 0.05) is 25.0 Å². The van der Waals surface area contributed by atoms with Gasteiger partial charge in [-0.15, -0.1) is 0 Å². The van der Waals surface area contributed by atoms with E-state index in [4.69, 9.17) is 5.73 Å². The first-order valence-corrected chi connectivity index (χ1v) is 6.23. The second kappa shape index (κ2) is 5.35. The Morgan fingerprint density at radius 2 is 2.33 bits per heavy atom.